The molecule has 0 aliphatic carbocycles. The maximum Gasteiger partial charge on any atom is 0.491 e. The molecule has 0 radical (unpaired) electrons. The molecule has 0 spiro atoms. The van der Waals surface area contributed by atoms with Crippen LogP contribution in [0.5, 0.6) is 0 Å². The molecule has 120 valence electrons. The van der Waals surface area contributed by atoms with Crippen molar-refractivity contribution in [3.63, 3.8) is 0 Å². The Labute approximate surface area is 142 Å². The van der Waals surface area contributed by atoms with Crippen molar-refractivity contribution in [1.82, 2.24) is 5.32 Å². The molecular formula is C17H25BBrNO2. The summed E-state index contributed by atoms with van der Waals surface area (Å²) in [6.07, 6.45) is 2.14. The van der Waals surface area contributed by atoms with E-state index in [9.17, 15) is 0 Å². The van der Waals surface area contributed by atoms with Crippen LogP contribution in [0.2, 0.25) is 0 Å². The molecule has 2 rings (SSSR count). The maximum absolute atomic E-state index is 6.16. The second-order valence-corrected chi connectivity index (χ2v) is 7.70. The lowest BCUT2D eigenvalue weighted by Crippen LogP contribution is -2.41. The molecule has 3 nitrogen and oxygen atoms in total. The van der Waals surface area contributed by atoms with Crippen molar-refractivity contribution in [2.24, 2.45) is 0 Å². The standard InChI is InChI=1S/C17H25BBrNO2/c1-12-7-8-13(10-15(12)19)9-14(11-20-6)18-21-16(2,3)17(4,5)22-18/h7-10,20H,11H2,1-6H3. The van der Waals surface area contributed by atoms with E-state index in [2.05, 4.69) is 80.1 Å². The first-order chi connectivity index (χ1) is 10.2. The quantitative estimate of drug-likeness (QED) is 0.818. The zero-order chi connectivity index (χ0) is 16.5. The van der Waals surface area contributed by atoms with Crippen LogP contribution >= 0.6 is 15.9 Å². The summed E-state index contributed by atoms with van der Waals surface area (Å²) >= 11 is 3.59. The SMILES string of the molecule is CNCC(=Cc1ccc(C)c(Br)c1)B1OC(C)(C)C(C)(C)O1. The Morgan fingerprint density at radius 3 is 2.32 bits per heavy atom. The summed E-state index contributed by atoms with van der Waals surface area (Å²) in [6.45, 7) is 11.1. The van der Waals surface area contributed by atoms with E-state index < -0.39 is 0 Å². The van der Waals surface area contributed by atoms with Gasteiger partial charge in [0.25, 0.3) is 0 Å². The van der Waals surface area contributed by atoms with Gasteiger partial charge in [0.15, 0.2) is 0 Å². The number of hydrogen-bond donors (Lipinski definition) is 1. The van der Waals surface area contributed by atoms with Gasteiger partial charge in [0, 0.05) is 11.0 Å². The fourth-order valence-corrected chi connectivity index (χ4v) is 2.71. The van der Waals surface area contributed by atoms with Crippen molar-refractivity contribution < 1.29 is 9.31 Å². The molecule has 0 aromatic heterocycles. The Balaban J connectivity index is 2.31. The van der Waals surface area contributed by atoms with Gasteiger partial charge >= 0.3 is 7.12 Å². The molecule has 1 fully saturated rings. The molecule has 0 unspecified atom stereocenters. The second-order valence-electron chi connectivity index (χ2n) is 6.85. The first-order valence-electron chi connectivity index (χ1n) is 7.63. The number of halogens is 1. The van der Waals surface area contributed by atoms with Crippen molar-refractivity contribution >= 4 is 29.1 Å². The van der Waals surface area contributed by atoms with Crippen molar-refractivity contribution in [3.05, 3.63) is 39.3 Å². The van der Waals surface area contributed by atoms with Crippen LogP contribution in [-0.4, -0.2) is 31.9 Å². The minimum atomic E-state index is -0.322. The molecule has 1 aliphatic heterocycles. The lowest BCUT2D eigenvalue weighted by atomic mass is 9.77. The molecule has 1 aromatic carbocycles. The van der Waals surface area contributed by atoms with Gasteiger partial charge < -0.3 is 14.6 Å². The Morgan fingerprint density at radius 2 is 1.82 bits per heavy atom. The third-order valence-corrected chi connectivity index (χ3v) is 5.34. The van der Waals surface area contributed by atoms with Gasteiger partial charge in [-0.25, -0.2) is 0 Å². The highest BCUT2D eigenvalue weighted by Crippen LogP contribution is 2.38. The van der Waals surface area contributed by atoms with E-state index in [-0.39, 0.29) is 18.3 Å². The van der Waals surface area contributed by atoms with Gasteiger partial charge in [0.2, 0.25) is 0 Å². The minimum absolute atomic E-state index is 0.321. The normalized spacial score (nSPS) is 20.5. The van der Waals surface area contributed by atoms with Gasteiger partial charge in [-0.15, -0.1) is 0 Å². The summed E-state index contributed by atoms with van der Waals surface area (Å²) in [6, 6.07) is 6.34. The average Bonchev–Trinajstić information content (AvgIpc) is 2.62. The average molecular weight is 366 g/mol. The molecule has 0 saturated carbocycles. The number of rotatable bonds is 4. The Bertz CT molecular complexity index is 568. The third-order valence-electron chi connectivity index (χ3n) is 4.48. The summed E-state index contributed by atoms with van der Waals surface area (Å²) in [5, 5.41) is 3.21. The molecule has 0 bridgehead atoms. The van der Waals surface area contributed by atoms with Crippen molar-refractivity contribution in [2.75, 3.05) is 13.6 Å². The molecule has 0 amide bonds. The highest BCUT2D eigenvalue weighted by molar-refractivity contribution is 9.10. The maximum atomic E-state index is 6.16. The van der Waals surface area contributed by atoms with E-state index in [1.54, 1.807) is 0 Å². The number of likely N-dealkylation sites (N-methyl/N-ethyl adjacent to an activating group) is 1. The zero-order valence-electron chi connectivity index (χ0n) is 14.3. The fraction of sp³-hybridized carbons (Fsp3) is 0.529. The molecule has 1 heterocycles. The van der Waals surface area contributed by atoms with Gasteiger partial charge in [0.1, 0.15) is 0 Å². The number of benzene rings is 1. The summed E-state index contributed by atoms with van der Waals surface area (Å²) in [7, 11) is 1.61. The van der Waals surface area contributed by atoms with Crippen LogP contribution in [0.4, 0.5) is 0 Å². The molecule has 0 atom stereocenters. The third kappa shape index (κ3) is 3.65. The number of hydrogen-bond acceptors (Lipinski definition) is 3. The predicted octanol–water partition coefficient (Wildman–Crippen LogP) is 3.99. The van der Waals surface area contributed by atoms with Gasteiger partial charge in [-0.05, 0) is 64.3 Å². The summed E-state index contributed by atoms with van der Waals surface area (Å²) < 4.78 is 13.4. The van der Waals surface area contributed by atoms with E-state index in [0.717, 1.165) is 22.1 Å². The van der Waals surface area contributed by atoms with Gasteiger partial charge in [-0.2, -0.15) is 0 Å². The first kappa shape index (κ1) is 17.7. The fourth-order valence-electron chi connectivity index (χ4n) is 2.31. The summed E-state index contributed by atoms with van der Waals surface area (Å²) in [5.41, 5.74) is 2.81. The first-order valence-corrected chi connectivity index (χ1v) is 8.42. The van der Waals surface area contributed by atoms with E-state index in [0.29, 0.717) is 0 Å². The van der Waals surface area contributed by atoms with Crippen molar-refractivity contribution in [3.8, 4) is 0 Å². The van der Waals surface area contributed by atoms with E-state index in [1.165, 1.54) is 5.56 Å². The predicted molar refractivity (Wildman–Crippen MR) is 96.9 cm³/mol. The highest BCUT2D eigenvalue weighted by Gasteiger charge is 2.52. The molecule has 1 aromatic rings. The van der Waals surface area contributed by atoms with Gasteiger partial charge in [-0.1, -0.05) is 34.1 Å². The van der Waals surface area contributed by atoms with Crippen LogP contribution in [-0.2, 0) is 9.31 Å². The second kappa shape index (κ2) is 6.48. The molecule has 5 heteroatoms. The smallest absolute Gasteiger partial charge is 0.400 e. The van der Waals surface area contributed by atoms with Crippen LogP contribution in [0.15, 0.2) is 28.1 Å². The molecule has 1 saturated heterocycles. The minimum Gasteiger partial charge on any atom is -0.400 e. The van der Waals surface area contributed by atoms with Crippen molar-refractivity contribution in [1.29, 1.82) is 0 Å². The van der Waals surface area contributed by atoms with Crippen LogP contribution in [0.3, 0.4) is 0 Å². The Kier molecular flexibility index (Phi) is 5.22. The Morgan fingerprint density at radius 1 is 1.23 bits per heavy atom. The molecule has 1 aliphatic rings. The Hall–Kier alpha value is -0.615. The van der Waals surface area contributed by atoms with Crippen LogP contribution in [0.1, 0.15) is 38.8 Å². The van der Waals surface area contributed by atoms with Crippen LogP contribution in [0.25, 0.3) is 6.08 Å². The van der Waals surface area contributed by atoms with Gasteiger partial charge in [-0.3, -0.25) is 0 Å². The molecular weight excluding hydrogens is 341 g/mol. The monoisotopic (exact) mass is 365 g/mol. The lowest BCUT2D eigenvalue weighted by molar-refractivity contribution is 0.00578. The zero-order valence-corrected chi connectivity index (χ0v) is 15.9. The number of aryl methyl sites for hydroxylation is 1. The molecule has 22 heavy (non-hydrogen) atoms. The van der Waals surface area contributed by atoms with E-state index in [1.807, 2.05) is 7.05 Å². The van der Waals surface area contributed by atoms with Crippen LogP contribution < -0.4 is 5.32 Å². The topological polar surface area (TPSA) is 30.5 Å². The lowest BCUT2D eigenvalue weighted by Gasteiger charge is -2.32. The highest BCUT2D eigenvalue weighted by atomic mass is 79.9. The molecule has 1 N–H and O–H groups in total. The van der Waals surface area contributed by atoms with E-state index in [4.69, 9.17) is 9.31 Å². The number of nitrogens with one attached hydrogen (secondary N) is 1. The van der Waals surface area contributed by atoms with Crippen molar-refractivity contribution in [2.45, 2.75) is 45.8 Å². The van der Waals surface area contributed by atoms with Crippen LogP contribution in [0, 0.1) is 6.92 Å². The van der Waals surface area contributed by atoms with Gasteiger partial charge in [0.05, 0.1) is 11.2 Å². The largest absolute Gasteiger partial charge is 0.491 e. The summed E-state index contributed by atoms with van der Waals surface area (Å²) in [5.74, 6) is 0. The summed E-state index contributed by atoms with van der Waals surface area (Å²) in [4.78, 5) is 0. The van der Waals surface area contributed by atoms with E-state index >= 15 is 0 Å².